The standard InChI is InChI=1S/C17H20N2O/c1-4-14-15(5-2)19(6-3)16(20)12-18-17(14)13-10-8-7-9-11-13/h4-5,7-11,17-18H,1-2,6,12H2,3H3. The SMILES string of the molecule is C=CC1=C(C=C)N(CC)C(=O)CNC1c1ccccc1. The minimum absolute atomic E-state index is 0.0396. The maximum Gasteiger partial charge on any atom is 0.240 e. The lowest BCUT2D eigenvalue weighted by Gasteiger charge is -2.23. The van der Waals surface area contributed by atoms with Gasteiger partial charge < -0.3 is 4.90 Å². The van der Waals surface area contributed by atoms with Crippen LogP contribution in [0.25, 0.3) is 0 Å². The van der Waals surface area contributed by atoms with Gasteiger partial charge in [0.15, 0.2) is 0 Å². The Morgan fingerprint density at radius 3 is 2.55 bits per heavy atom. The van der Waals surface area contributed by atoms with Crippen LogP contribution in [-0.4, -0.2) is 23.9 Å². The Labute approximate surface area is 120 Å². The van der Waals surface area contributed by atoms with Gasteiger partial charge in [0.2, 0.25) is 5.91 Å². The predicted octanol–water partition coefficient (Wildman–Crippen LogP) is 2.81. The zero-order chi connectivity index (χ0) is 14.5. The number of amides is 1. The smallest absolute Gasteiger partial charge is 0.240 e. The molecule has 0 aromatic heterocycles. The van der Waals surface area contributed by atoms with Crippen molar-refractivity contribution in [3.8, 4) is 0 Å². The van der Waals surface area contributed by atoms with Gasteiger partial charge in [0, 0.05) is 12.2 Å². The molecule has 0 saturated carbocycles. The minimum atomic E-state index is -0.0396. The molecule has 0 aliphatic carbocycles. The fourth-order valence-corrected chi connectivity index (χ4v) is 2.57. The van der Waals surface area contributed by atoms with Crippen LogP contribution < -0.4 is 5.32 Å². The number of nitrogens with one attached hydrogen (secondary N) is 1. The highest BCUT2D eigenvalue weighted by molar-refractivity contribution is 5.81. The molecule has 1 aliphatic rings. The number of hydrogen-bond acceptors (Lipinski definition) is 2. The van der Waals surface area contributed by atoms with Crippen molar-refractivity contribution in [2.75, 3.05) is 13.1 Å². The number of rotatable bonds is 4. The van der Waals surface area contributed by atoms with Crippen LogP contribution >= 0.6 is 0 Å². The van der Waals surface area contributed by atoms with E-state index in [1.54, 1.807) is 11.0 Å². The molecular weight excluding hydrogens is 248 g/mol. The Bertz CT molecular complexity index is 545. The molecule has 0 bridgehead atoms. The second kappa shape index (κ2) is 6.35. The van der Waals surface area contributed by atoms with Crippen LogP contribution in [0.2, 0.25) is 0 Å². The molecule has 1 aliphatic heterocycles. The van der Waals surface area contributed by atoms with Gasteiger partial charge in [-0.2, -0.15) is 0 Å². The fourth-order valence-electron chi connectivity index (χ4n) is 2.57. The average molecular weight is 268 g/mol. The molecule has 1 atom stereocenters. The average Bonchev–Trinajstić information content (AvgIpc) is 2.63. The summed E-state index contributed by atoms with van der Waals surface area (Å²) in [5.41, 5.74) is 2.94. The summed E-state index contributed by atoms with van der Waals surface area (Å²) in [6.45, 7) is 10.7. The topological polar surface area (TPSA) is 32.3 Å². The summed E-state index contributed by atoms with van der Waals surface area (Å²) in [6, 6.07) is 10.0. The summed E-state index contributed by atoms with van der Waals surface area (Å²) in [5, 5.41) is 3.31. The van der Waals surface area contributed by atoms with Crippen molar-refractivity contribution in [2.24, 2.45) is 0 Å². The van der Waals surface area contributed by atoms with Gasteiger partial charge in [0.1, 0.15) is 0 Å². The summed E-state index contributed by atoms with van der Waals surface area (Å²) >= 11 is 0. The largest absolute Gasteiger partial charge is 0.311 e. The van der Waals surface area contributed by atoms with E-state index >= 15 is 0 Å². The minimum Gasteiger partial charge on any atom is -0.311 e. The maximum atomic E-state index is 12.2. The van der Waals surface area contributed by atoms with Crippen LogP contribution in [0.5, 0.6) is 0 Å². The molecule has 3 nitrogen and oxygen atoms in total. The first-order chi connectivity index (χ1) is 9.72. The lowest BCUT2D eigenvalue weighted by molar-refractivity contribution is -0.127. The van der Waals surface area contributed by atoms with Crippen molar-refractivity contribution in [3.05, 3.63) is 72.5 Å². The molecule has 0 radical (unpaired) electrons. The van der Waals surface area contributed by atoms with E-state index in [-0.39, 0.29) is 11.9 Å². The van der Waals surface area contributed by atoms with Gasteiger partial charge in [-0.25, -0.2) is 0 Å². The van der Waals surface area contributed by atoms with Crippen LogP contribution in [0.4, 0.5) is 0 Å². The number of carbonyl (C=O) groups excluding carboxylic acids is 1. The van der Waals surface area contributed by atoms with Crippen molar-refractivity contribution in [2.45, 2.75) is 13.0 Å². The normalized spacial score (nSPS) is 19.8. The lowest BCUT2D eigenvalue weighted by atomic mass is 9.97. The van der Waals surface area contributed by atoms with E-state index in [1.807, 2.05) is 43.3 Å². The summed E-state index contributed by atoms with van der Waals surface area (Å²) < 4.78 is 0. The van der Waals surface area contributed by atoms with E-state index in [0.717, 1.165) is 16.8 Å². The van der Waals surface area contributed by atoms with Crippen LogP contribution in [-0.2, 0) is 4.79 Å². The van der Waals surface area contributed by atoms with Gasteiger partial charge in [-0.15, -0.1) is 0 Å². The van der Waals surface area contributed by atoms with Crippen LogP contribution in [0.1, 0.15) is 18.5 Å². The first-order valence-electron chi connectivity index (χ1n) is 6.80. The van der Waals surface area contributed by atoms with Gasteiger partial charge in [0.25, 0.3) is 0 Å². The molecule has 1 aromatic rings. The molecule has 1 heterocycles. The van der Waals surface area contributed by atoms with Crippen molar-refractivity contribution in [1.29, 1.82) is 0 Å². The van der Waals surface area contributed by atoms with E-state index in [0.29, 0.717) is 13.1 Å². The number of allylic oxidation sites excluding steroid dienone is 1. The molecule has 1 unspecified atom stereocenters. The molecule has 0 saturated heterocycles. The number of hydrogen-bond donors (Lipinski definition) is 1. The van der Waals surface area contributed by atoms with Crippen LogP contribution in [0.3, 0.4) is 0 Å². The monoisotopic (exact) mass is 268 g/mol. The summed E-state index contributed by atoms with van der Waals surface area (Å²) in [6.07, 6.45) is 3.55. The molecule has 0 fully saturated rings. The summed E-state index contributed by atoms with van der Waals surface area (Å²) in [7, 11) is 0. The summed E-state index contributed by atoms with van der Waals surface area (Å²) in [4.78, 5) is 14.0. The van der Waals surface area contributed by atoms with Gasteiger partial charge >= 0.3 is 0 Å². The quantitative estimate of drug-likeness (QED) is 0.910. The maximum absolute atomic E-state index is 12.2. The Hall–Kier alpha value is -2.13. The van der Waals surface area contributed by atoms with Gasteiger partial charge in [-0.05, 0) is 24.1 Å². The van der Waals surface area contributed by atoms with E-state index in [4.69, 9.17) is 0 Å². The second-order valence-corrected chi connectivity index (χ2v) is 4.61. The Morgan fingerprint density at radius 2 is 2.00 bits per heavy atom. The van der Waals surface area contributed by atoms with Gasteiger partial charge in [-0.3, -0.25) is 10.1 Å². The van der Waals surface area contributed by atoms with Crippen molar-refractivity contribution in [1.82, 2.24) is 10.2 Å². The number of benzene rings is 1. The van der Waals surface area contributed by atoms with E-state index in [2.05, 4.69) is 18.5 Å². The van der Waals surface area contributed by atoms with E-state index < -0.39 is 0 Å². The third-order valence-electron chi connectivity index (χ3n) is 3.52. The Balaban J connectivity index is 2.55. The highest BCUT2D eigenvalue weighted by Gasteiger charge is 2.27. The first kappa shape index (κ1) is 14.3. The molecule has 1 aromatic carbocycles. The van der Waals surface area contributed by atoms with Crippen molar-refractivity contribution >= 4 is 5.91 Å². The van der Waals surface area contributed by atoms with Gasteiger partial charge in [-0.1, -0.05) is 49.6 Å². The van der Waals surface area contributed by atoms with E-state index in [1.165, 1.54) is 0 Å². The first-order valence-corrected chi connectivity index (χ1v) is 6.80. The van der Waals surface area contributed by atoms with E-state index in [9.17, 15) is 4.79 Å². The molecule has 3 heteroatoms. The van der Waals surface area contributed by atoms with Crippen molar-refractivity contribution in [3.63, 3.8) is 0 Å². The highest BCUT2D eigenvalue weighted by Crippen LogP contribution is 2.29. The van der Waals surface area contributed by atoms with Gasteiger partial charge in [0.05, 0.1) is 12.6 Å². The lowest BCUT2D eigenvalue weighted by Crippen LogP contribution is -2.34. The Morgan fingerprint density at radius 1 is 1.30 bits per heavy atom. The zero-order valence-electron chi connectivity index (χ0n) is 11.8. The van der Waals surface area contributed by atoms with Crippen LogP contribution in [0.15, 0.2) is 66.9 Å². The fraction of sp³-hybridized carbons (Fsp3) is 0.235. The second-order valence-electron chi connectivity index (χ2n) is 4.61. The highest BCUT2D eigenvalue weighted by atomic mass is 16.2. The molecule has 0 spiro atoms. The zero-order valence-corrected chi connectivity index (χ0v) is 11.8. The predicted molar refractivity (Wildman–Crippen MR) is 82.0 cm³/mol. The summed E-state index contributed by atoms with van der Waals surface area (Å²) in [5.74, 6) is 0.0557. The molecule has 2 rings (SSSR count). The number of carbonyl (C=O) groups is 1. The van der Waals surface area contributed by atoms with Crippen LogP contribution in [0, 0.1) is 0 Å². The molecule has 104 valence electrons. The third kappa shape index (κ3) is 2.58. The number of nitrogens with zero attached hydrogens (tertiary/aromatic N) is 1. The number of likely N-dealkylation sites (N-methyl/N-ethyl adjacent to an activating group) is 1. The van der Waals surface area contributed by atoms with Crippen molar-refractivity contribution < 1.29 is 4.79 Å². The third-order valence-corrected chi connectivity index (χ3v) is 3.52. The molecule has 1 amide bonds. The molecule has 20 heavy (non-hydrogen) atoms. The Kier molecular flexibility index (Phi) is 4.53. The molecule has 1 N–H and O–H groups in total. The molecular formula is C17H20N2O.